The van der Waals surface area contributed by atoms with Crippen LogP contribution in [-0.4, -0.2) is 52.4 Å². The normalized spacial score (nSPS) is 19.4. The van der Waals surface area contributed by atoms with Crippen LogP contribution in [0.2, 0.25) is 0 Å². The maximum absolute atomic E-state index is 13.4. The largest absolute Gasteiger partial charge is 0.347 e. The molecule has 3 rings (SSSR count). The van der Waals surface area contributed by atoms with Gasteiger partial charge in [-0.3, -0.25) is 9.69 Å². The summed E-state index contributed by atoms with van der Waals surface area (Å²) in [5.41, 5.74) is 1.02. The molecule has 1 unspecified atom stereocenters. The number of aryl methyl sites for hydroxylation is 1. The number of rotatable bonds is 2. The van der Waals surface area contributed by atoms with Crippen LogP contribution in [0.15, 0.2) is 30.6 Å². The summed E-state index contributed by atoms with van der Waals surface area (Å²) in [4.78, 5) is 24.0. The second-order valence-electron chi connectivity index (χ2n) is 5.69. The number of carbonyl (C=O) groups excluding carboxylic acids is 1. The van der Waals surface area contributed by atoms with Crippen LogP contribution in [0.5, 0.6) is 0 Å². The Bertz CT molecular complexity index is 671. The minimum Gasteiger partial charge on any atom is -0.347 e. The molecule has 0 spiro atoms. The van der Waals surface area contributed by atoms with Crippen LogP contribution in [0.25, 0.3) is 0 Å². The van der Waals surface area contributed by atoms with Gasteiger partial charge < -0.3 is 9.88 Å². The molecule has 1 amide bonds. The van der Waals surface area contributed by atoms with E-state index in [1.165, 1.54) is 6.07 Å². The highest BCUT2D eigenvalue weighted by atomic mass is 19.1. The second kappa shape index (κ2) is 5.88. The Labute approximate surface area is 128 Å². The lowest BCUT2D eigenvalue weighted by molar-refractivity contribution is 0.0534. The number of H-pyrrole nitrogens is 1. The molecule has 22 heavy (non-hydrogen) atoms. The van der Waals surface area contributed by atoms with E-state index < -0.39 is 0 Å². The van der Waals surface area contributed by atoms with Gasteiger partial charge in [-0.25, -0.2) is 9.37 Å². The molecule has 1 fully saturated rings. The van der Waals surface area contributed by atoms with E-state index in [-0.39, 0.29) is 17.8 Å². The summed E-state index contributed by atoms with van der Waals surface area (Å²) in [7, 11) is 2.02. The molecule has 0 radical (unpaired) electrons. The van der Waals surface area contributed by atoms with Crippen LogP contribution in [0.1, 0.15) is 27.8 Å². The average Bonchev–Trinajstić information content (AvgIpc) is 3.04. The first kappa shape index (κ1) is 14.7. The lowest BCUT2D eigenvalue weighted by atomic mass is 10.1. The Hall–Kier alpha value is -2.21. The fourth-order valence-corrected chi connectivity index (χ4v) is 2.77. The SMILES string of the molecule is Cc1cc(C(=O)N2CCN(C)C(c3ncc[nH]3)C2)ccc1F. The van der Waals surface area contributed by atoms with Crippen molar-refractivity contribution in [2.24, 2.45) is 0 Å². The predicted octanol–water partition coefficient (Wildman–Crippen LogP) is 1.99. The molecule has 0 saturated carbocycles. The van der Waals surface area contributed by atoms with Crippen LogP contribution in [0, 0.1) is 12.7 Å². The zero-order chi connectivity index (χ0) is 15.7. The summed E-state index contributed by atoms with van der Waals surface area (Å²) < 4.78 is 13.4. The Kier molecular flexibility index (Phi) is 3.94. The average molecular weight is 302 g/mol. The van der Waals surface area contributed by atoms with E-state index >= 15 is 0 Å². The number of imidazole rings is 1. The predicted molar refractivity (Wildman–Crippen MR) is 81.0 cm³/mol. The van der Waals surface area contributed by atoms with Gasteiger partial charge in [-0.05, 0) is 37.7 Å². The van der Waals surface area contributed by atoms with Gasteiger partial charge in [-0.2, -0.15) is 0 Å². The Balaban J connectivity index is 1.79. The van der Waals surface area contributed by atoms with E-state index in [0.717, 1.165) is 12.4 Å². The van der Waals surface area contributed by atoms with Crippen molar-refractivity contribution in [3.63, 3.8) is 0 Å². The van der Waals surface area contributed by atoms with Gasteiger partial charge in [0, 0.05) is 37.6 Å². The number of halogens is 1. The third kappa shape index (κ3) is 2.74. The van der Waals surface area contributed by atoms with Crippen molar-refractivity contribution in [2.75, 3.05) is 26.7 Å². The van der Waals surface area contributed by atoms with Gasteiger partial charge in [-0.1, -0.05) is 0 Å². The number of carbonyl (C=O) groups is 1. The number of benzene rings is 1. The van der Waals surface area contributed by atoms with Gasteiger partial charge in [0.15, 0.2) is 0 Å². The molecule has 1 aliphatic rings. The van der Waals surface area contributed by atoms with Crippen molar-refractivity contribution in [3.8, 4) is 0 Å². The van der Waals surface area contributed by atoms with Gasteiger partial charge in [0.25, 0.3) is 5.91 Å². The number of hydrogen-bond acceptors (Lipinski definition) is 3. The molecule has 1 aromatic carbocycles. The Morgan fingerprint density at radius 3 is 2.91 bits per heavy atom. The van der Waals surface area contributed by atoms with E-state index in [1.54, 1.807) is 36.4 Å². The van der Waals surface area contributed by atoms with Crippen molar-refractivity contribution >= 4 is 5.91 Å². The fourth-order valence-electron chi connectivity index (χ4n) is 2.77. The minimum atomic E-state index is -0.289. The third-order valence-electron chi connectivity index (χ3n) is 4.18. The van der Waals surface area contributed by atoms with Crippen LogP contribution in [0.3, 0.4) is 0 Å². The maximum atomic E-state index is 13.4. The van der Waals surface area contributed by atoms with E-state index in [0.29, 0.717) is 24.2 Å². The zero-order valence-electron chi connectivity index (χ0n) is 12.7. The van der Waals surface area contributed by atoms with Crippen molar-refractivity contribution in [1.29, 1.82) is 0 Å². The molecule has 1 aliphatic heterocycles. The molecule has 1 N–H and O–H groups in total. The van der Waals surface area contributed by atoms with E-state index in [2.05, 4.69) is 14.9 Å². The number of nitrogens with one attached hydrogen (secondary N) is 1. The summed E-state index contributed by atoms with van der Waals surface area (Å²) in [5, 5.41) is 0. The highest BCUT2D eigenvalue weighted by Crippen LogP contribution is 2.22. The molecule has 2 heterocycles. The molecular formula is C16H19FN4O. The smallest absolute Gasteiger partial charge is 0.253 e. The second-order valence-corrected chi connectivity index (χ2v) is 5.69. The number of hydrogen-bond donors (Lipinski definition) is 1. The van der Waals surface area contributed by atoms with Gasteiger partial charge in [-0.15, -0.1) is 0 Å². The molecule has 1 saturated heterocycles. The van der Waals surface area contributed by atoms with Crippen molar-refractivity contribution in [1.82, 2.24) is 19.8 Å². The molecule has 6 heteroatoms. The highest BCUT2D eigenvalue weighted by molar-refractivity contribution is 5.94. The van der Waals surface area contributed by atoms with Crippen LogP contribution < -0.4 is 0 Å². The first-order chi connectivity index (χ1) is 10.6. The summed E-state index contributed by atoms with van der Waals surface area (Å²) in [6, 6.07) is 4.56. The highest BCUT2D eigenvalue weighted by Gasteiger charge is 2.30. The van der Waals surface area contributed by atoms with Crippen LogP contribution in [-0.2, 0) is 0 Å². The summed E-state index contributed by atoms with van der Waals surface area (Å²) >= 11 is 0. The number of piperazine rings is 1. The Morgan fingerprint density at radius 2 is 2.23 bits per heavy atom. The number of amides is 1. The van der Waals surface area contributed by atoms with E-state index in [1.807, 2.05) is 7.05 Å². The first-order valence-electron chi connectivity index (χ1n) is 7.31. The maximum Gasteiger partial charge on any atom is 0.253 e. The van der Waals surface area contributed by atoms with Gasteiger partial charge in [0.05, 0.1) is 6.04 Å². The number of aromatic nitrogens is 2. The lowest BCUT2D eigenvalue weighted by Crippen LogP contribution is -2.49. The lowest BCUT2D eigenvalue weighted by Gasteiger charge is -2.38. The quantitative estimate of drug-likeness (QED) is 0.923. The van der Waals surface area contributed by atoms with Crippen molar-refractivity contribution in [3.05, 3.63) is 53.4 Å². The molecule has 2 aromatic rings. The van der Waals surface area contributed by atoms with E-state index in [9.17, 15) is 9.18 Å². The summed E-state index contributed by atoms with van der Waals surface area (Å²) in [6.45, 7) is 3.67. The van der Waals surface area contributed by atoms with Crippen LogP contribution in [0.4, 0.5) is 4.39 Å². The molecule has 1 aromatic heterocycles. The third-order valence-corrected chi connectivity index (χ3v) is 4.18. The monoisotopic (exact) mass is 302 g/mol. The standard InChI is InChI=1S/C16H19FN4O/c1-11-9-12(3-4-13(11)17)16(22)21-8-7-20(2)14(10-21)15-18-5-6-19-15/h3-6,9,14H,7-8,10H2,1-2H3,(H,18,19). The van der Waals surface area contributed by atoms with Gasteiger partial charge >= 0.3 is 0 Å². The number of aromatic amines is 1. The van der Waals surface area contributed by atoms with Gasteiger partial charge in [0.1, 0.15) is 11.6 Å². The number of nitrogens with zero attached hydrogens (tertiary/aromatic N) is 3. The van der Waals surface area contributed by atoms with Gasteiger partial charge in [0.2, 0.25) is 0 Å². The minimum absolute atomic E-state index is 0.0502. The van der Waals surface area contributed by atoms with Crippen molar-refractivity contribution in [2.45, 2.75) is 13.0 Å². The fraction of sp³-hybridized carbons (Fsp3) is 0.375. The first-order valence-corrected chi connectivity index (χ1v) is 7.31. The molecule has 116 valence electrons. The molecule has 0 aliphatic carbocycles. The van der Waals surface area contributed by atoms with Crippen molar-refractivity contribution < 1.29 is 9.18 Å². The molecular weight excluding hydrogens is 283 g/mol. The molecule has 5 nitrogen and oxygen atoms in total. The zero-order valence-corrected chi connectivity index (χ0v) is 12.7. The molecule has 1 atom stereocenters. The summed E-state index contributed by atoms with van der Waals surface area (Å²) in [5.74, 6) is 0.506. The number of likely N-dealkylation sites (N-methyl/N-ethyl adjacent to an activating group) is 1. The van der Waals surface area contributed by atoms with Crippen LogP contribution >= 0.6 is 0 Å². The van der Waals surface area contributed by atoms with E-state index in [4.69, 9.17) is 0 Å². The summed E-state index contributed by atoms with van der Waals surface area (Å²) in [6.07, 6.45) is 3.50. The Morgan fingerprint density at radius 1 is 1.41 bits per heavy atom. The topological polar surface area (TPSA) is 52.2 Å². The molecule has 0 bridgehead atoms.